The molecule has 1 atom stereocenters. The van der Waals surface area contributed by atoms with Gasteiger partial charge in [0.25, 0.3) is 5.91 Å². The second-order valence-electron chi connectivity index (χ2n) is 4.92. The van der Waals surface area contributed by atoms with Crippen LogP contribution in [0.5, 0.6) is 0 Å². The van der Waals surface area contributed by atoms with Gasteiger partial charge in [-0.3, -0.25) is 4.79 Å². The monoisotopic (exact) mass is 326 g/mol. The third kappa shape index (κ3) is 3.28. The first kappa shape index (κ1) is 14.3. The number of nitrogens with two attached hydrogens (primary N) is 1. The van der Waals surface area contributed by atoms with Crippen LogP contribution < -0.4 is 5.73 Å². The number of aliphatic hydroxyl groups excluding tert-OH is 1. The number of amides is 1. The fraction of sp³-hybridized carbons (Fsp3) is 0.500. The Bertz CT molecular complexity index is 465. The lowest BCUT2D eigenvalue weighted by atomic mass is 10.1. The van der Waals surface area contributed by atoms with E-state index in [1.165, 1.54) is 0 Å². The molecule has 5 heteroatoms. The fourth-order valence-corrected chi connectivity index (χ4v) is 2.72. The number of hydrogen-bond donors (Lipinski definition) is 2. The summed E-state index contributed by atoms with van der Waals surface area (Å²) in [6, 6.07) is 5.17. The summed E-state index contributed by atoms with van der Waals surface area (Å²) >= 11 is 3.32. The summed E-state index contributed by atoms with van der Waals surface area (Å²) in [6.45, 7) is 0.734. The number of hydrogen-bond acceptors (Lipinski definition) is 3. The maximum atomic E-state index is 12.5. The second kappa shape index (κ2) is 6.39. The highest BCUT2D eigenvalue weighted by molar-refractivity contribution is 9.10. The lowest BCUT2D eigenvalue weighted by Gasteiger charge is -2.28. The van der Waals surface area contributed by atoms with Gasteiger partial charge in [-0.2, -0.15) is 0 Å². The fourth-order valence-electron chi connectivity index (χ4n) is 2.48. The molecule has 1 amide bonds. The molecule has 0 saturated carbocycles. The molecule has 1 aliphatic rings. The van der Waals surface area contributed by atoms with Crippen LogP contribution in [0, 0.1) is 0 Å². The topological polar surface area (TPSA) is 66.6 Å². The van der Waals surface area contributed by atoms with Crippen molar-refractivity contribution in [3.05, 3.63) is 28.2 Å². The molecule has 0 spiro atoms. The maximum Gasteiger partial charge on any atom is 0.254 e. The number of benzene rings is 1. The Morgan fingerprint density at radius 1 is 1.42 bits per heavy atom. The van der Waals surface area contributed by atoms with Gasteiger partial charge >= 0.3 is 0 Å². The van der Waals surface area contributed by atoms with Gasteiger partial charge in [0.15, 0.2) is 0 Å². The Hall–Kier alpha value is -1.07. The van der Waals surface area contributed by atoms with Crippen molar-refractivity contribution in [3.63, 3.8) is 0 Å². The summed E-state index contributed by atoms with van der Waals surface area (Å²) in [7, 11) is 0. The smallest absolute Gasteiger partial charge is 0.254 e. The van der Waals surface area contributed by atoms with E-state index in [1.54, 1.807) is 23.1 Å². The minimum atomic E-state index is -0.0696. The van der Waals surface area contributed by atoms with Crippen molar-refractivity contribution in [2.24, 2.45) is 0 Å². The molecule has 0 bridgehead atoms. The summed E-state index contributed by atoms with van der Waals surface area (Å²) in [4.78, 5) is 14.3. The predicted octanol–water partition coefficient (Wildman–Crippen LogP) is 2.41. The Morgan fingerprint density at radius 3 is 2.89 bits per heavy atom. The Morgan fingerprint density at radius 2 is 2.21 bits per heavy atom. The number of anilines is 1. The first-order valence-corrected chi connectivity index (χ1v) is 7.39. The van der Waals surface area contributed by atoms with Gasteiger partial charge < -0.3 is 15.7 Å². The minimum absolute atomic E-state index is 0.0255. The number of halogens is 1. The molecule has 0 aliphatic carbocycles. The van der Waals surface area contributed by atoms with Crippen molar-refractivity contribution in [1.82, 2.24) is 4.90 Å². The standard InChI is InChI=1S/C14H19BrN2O2/c15-12-6-5-10(8-13(12)16)14(19)17-7-3-1-2-4-11(17)9-18/h5-6,8,11,18H,1-4,7,9,16H2. The molecule has 1 unspecified atom stereocenters. The van der Waals surface area contributed by atoms with Crippen LogP contribution in [-0.2, 0) is 0 Å². The van der Waals surface area contributed by atoms with E-state index in [9.17, 15) is 9.90 Å². The molecular weight excluding hydrogens is 308 g/mol. The largest absolute Gasteiger partial charge is 0.398 e. The van der Waals surface area contributed by atoms with E-state index in [0.717, 1.165) is 30.2 Å². The highest BCUT2D eigenvalue weighted by atomic mass is 79.9. The van der Waals surface area contributed by atoms with Gasteiger partial charge in [-0.05, 0) is 47.0 Å². The molecule has 0 radical (unpaired) electrons. The molecule has 1 aromatic rings. The molecule has 1 fully saturated rings. The molecule has 1 aromatic carbocycles. The van der Waals surface area contributed by atoms with Crippen LogP contribution in [-0.4, -0.2) is 35.1 Å². The van der Waals surface area contributed by atoms with E-state index in [1.807, 2.05) is 0 Å². The zero-order chi connectivity index (χ0) is 13.8. The number of likely N-dealkylation sites (tertiary alicyclic amines) is 1. The summed E-state index contributed by atoms with van der Waals surface area (Å²) in [5, 5.41) is 9.45. The van der Waals surface area contributed by atoms with Crippen LogP contribution >= 0.6 is 15.9 Å². The van der Waals surface area contributed by atoms with E-state index in [2.05, 4.69) is 15.9 Å². The number of nitrogens with zero attached hydrogens (tertiary/aromatic N) is 1. The maximum absolute atomic E-state index is 12.5. The molecule has 2 rings (SSSR count). The zero-order valence-electron chi connectivity index (χ0n) is 10.8. The zero-order valence-corrected chi connectivity index (χ0v) is 12.4. The van der Waals surface area contributed by atoms with Crippen molar-refractivity contribution in [3.8, 4) is 0 Å². The van der Waals surface area contributed by atoms with Crippen molar-refractivity contribution in [1.29, 1.82) is 0 Å². The average molecular weight is 327 g/mol. The van der Waals surface area contributed by atoms with Gasteiger partial charge in [0.2, 0.25) is 0 Å². The number of aliphatic hydroxyl groups is 1. The molecule has 4 nitrogen and oxygen atoms in total. The summed E-state index contributed by atoms with van der Waals surface area (Å²) < 4.78 is 0.790. The molecule has 1 heterocycles. The summed E-state index contributed by atoms with van der Waals surface area (Å²) in [5.41, 5.74) is 6.96. The Kier molecular flexibility index (Phi) is 4.82. The van der Waals surface area contributed by atoms with E-state index in [4.69, 9.17) is 5.73 Å². The Balaban J connectivity index is 2.22. The van der Waals surface area contributed by atoms with Gasteiger partial charge in [-0.15, -0.1) is 0 Å². The quantitative estimate of drug-likeness (QED) is 0.820. The number of rotatable bonds is 2. The minimum Gasteiger partial charge on any atom is -0.398 e. The van der Waals surface area contributed by atoms with Gasteiger partial charge in [0, 0.05) is 22.3 Å². The second-order valence-corrected chi connectivity index (χ2v) is 5.77. The molecule has 104 valence electrons. The molecule has 3 N–H and O–H groups in total. The van der Waals surface area contributed by atoms with E-state index in [0.29, 0.717) is 17.8 Å². The van der Waals surface area contributed by atoms with Crippen molar-refractivity contribution in [2.75, 3.05) is 18.9 Å². The van der Waals surface area contributed by atoms with Crippen LogP contribution in [0.4, 0.5) is 5.69 Å². The predicted molar refractivity (Wildman–Crippen MR) is 78.9 cm³/mol. The van der Waals surface area contributed by atoms with Gasteiger partial charge in [0.1, 0.15) is 0 Å². The van der Waals surface area contributed by atoms with Gasteiger partial charge in [-0.25, -0.2) is 0 Å². The molecule has 0 aromatic heterocycles. The van der Waals surface area contributed by atoms with Crippen molar-refractivity contribution in [2.45, 2.75) is 31.7 Å². The first-order valence-electron chi connectivity index (χ1n) is 6.60. The van der Waals surface area contributed by atoms with Crippen LogP contribution in [0.2, 0.25) is 0 Å². The lowest BCUT2D eigenvalue weighted by Crippen LogP contribution is -2.42. The molecule has 19 heavy (non-hydrogen) atoms. The van der Waals surface area contributed by atoms with Gasteiger partial charge in [-0.1, -0.05) is 12.8 Å². The van der Waals surface area contributed by atoms with Crippen LogP contribution in [0.25, 0.3) is 0 Å². The van der Waals surface area contributed by atoms with E-state index in [-0.39, 0.29) is 18.6 Å². The first-order chi connectivity index (χ1) is 9.13. The average Bonchev–Trinajstić information content (AvgIpc) is 2.66. The van der Waals surface area contributed by atoms with Crippen molar-refractivity contribution >= 4 is 27.5 Å². The highest BCUT2D eigenvalue weighted by Crippen LogP contribution is 2.23. The van der Waals surface area contributed by atoms with Crippen LogP contribution in [0.3, 0.4) is 0 Å². The van der Waals surface area contributed by atoms with Crippen LogP contribution in [0.1, 0.15) is 36.0 Å². The third-order valence-electron chi connectivity index (χ3n) is 3.59. The number of nitrogen functional groups attached to an aromatic ring is 1. The normalized spacial score (nSPS) is 20.1. The van der Waals surface area contributed by atoms with Gasteiger partial charge in [0.05, 0.1) is 12.6 Å². The molecular formula is C14H19BrN2O2. The lowest BCUT2D eigenvalue weighted by molar-refractivity contribution is 0.0600. The van der Waals surface area contributed by atoms with E-state index >= 15 is 0 Å². The SMILES string of the molecule is Nc1cc(C(=O)N2CCCCCC2CO)ccc1Br. The highest BCUT2D eigenvalue weighted by Gasteiger charge is 2.25. The summed E-state index contributed by atoms with van der Waals surface area (Å²) in [6.07, 6.45) is 4.04. The number of carbonyl (C=O) groups excluding carboxylic acids is 1. The van der Waals surface area contributed by atoms with Crippen molar-refractivity contribution < 1.29 is 9.90 Å². The Labute approximate surface area is 121 Å². The van der Waals surface area contributed by atoms with E-state index < -0.39 is 0 Å². The summed E-state index contributed by atoms with van der Waals surface area (Å²) in [5.74, 6) is -0.0415. The molecule has 1 saturated heterocycles. The number of carbonyl (C=O) groups is 1. The third-order valence-corrected chi connectivity index (χ3v) is 4.31. The molecule has 1 aliphatic heterocycles. The van der Waals surface area contributed by atoms with Crippen LogP contribution in [0.15, 0.2) is 22.7 Å².